The Morgan fingerprint density at radius 1 is 1.26 bits per heavy atom. The van der Waals surface area contributed by atoms with Gasteiger partial charge in [0.2, 0.25) is 0 Å². The molecule has 0 aromatic carbocycles. The minimum atomic E-state index is 0.0749. The lowest BCUT2D eigenvalue weighted by Gasteiger charge is -2.29. The highest BCUT2D eigenvalue weighted by atomic mass is 15.2. The van der Waals surface area contributed by atoms with Gasteiger partial charge in [0.15, 0.2) is 0 Å². The fraction of sp³-hybridized carbons (Fsp3) is 0.800. The third-order valence-electron chi connectivity index (χ3n) is 3.48. The number of nitrogens with two attached hydrogens (primary N) is 1. The Morgan fingerprint density at radius 3 is 2.37 bits per heavy atom. The summed E-state index contributed by atoms with van der Waals surface area (Å²) in [5.74, 6) is 1.16. The van der Waals surface area contributed by atoms with Gasteiger partial charge in [0, 0.05) is 24.8 Å². The van der Waals surface area contributed by atoms with Crippen LogP contribution in [0.5, 0.6) is 0 Å². The summed E-state index contributed by atoms with van der Waals surface area (Å²) in [5, 5.41) is 0. The van der Waals surface area contributed by atoms with Gasteiger partial charge in [-0.25, -0.2) is 4.98 Å². The van der Waals surface area contributed by atoms with Crippen LogP contribution in [0.1, 0.15) is 51.9 Å². The van der Waals surface area contributed by atoms with Gasteiger partial charge < -0.3 is 15.2 Å². The second-order valence-corrected chi connectivity index (χ2v) is 6.54. The highest BCUT2D eigenvalue weighted by Gasteiger charge is 2.22. The van der Waals surface area contributed by atoms with Crippen LogP contribution in [-0.4, -0.2) is 35.1 Å². The first kappa shape index (κ1) is 16.2. The van der Waals surface area contributed by atoms with Gasteiger partial charge in [-0.3, -0.25) is 0 Å². The monoisotopic (exact) mass is 266 g/mol. The normalized spacial score (nSPS) is 15.5. The van der Waals surface area contributed by atoms with E-state index in [2.05, 4.69) is 56.2 Å². The SMILES string of the molecule is CC(C)CC(N)c1cncn1C(CN(C)C)C(C)C. The largest absolute Gasteiger partial charge is 0.329 e. The van der Waals surface area contributed by atoms with Crippen LogP contribution >= 0.6 is 0 Å². The van der Waals surface area contributed by atoms with Gasteiger partial charge in [-0.1, -0.05) is 27.7 Å². The van der Waals surface area contributed by atoms with Crippen molar-refractivity contribution >= 4 is 0 Å². The van der Waals surface area contributed by atoms with Crippen molar-refractivity contribution in [1.82, 2.24) is 14.5 Å². The summed E-state index contributed by atoms with van der Waals surface area (Å²) in [5.41, 5.74) is 7.50. The van der Waals surface area contributed by atoms with Gasteiger partial charge in [-0.2, -0.15) is 0 Å². The number of hydrogen-bond acceptors (Lipinski definition) is 3. The molecule has 0 bridgehead atoms. The maximum Gasteiger partial charge on any atom is 0.0951 e. The second-order valence-electron chi connectivity index (χ2n) is 6.54. The summed E-state index contributed by atoms with van der Waals surface area (Å²) in [6, 6.07) is 0.497. The van der Waals surface area contributed by atoms with Gasteiger partial charge in [0.05, 0.1) is 12.0 Å². The smallest absolute Gasteiger partial charge is 0.0951 e. The zero-order chi connectivity index (χ0) is 14.6. The van der Waals surface area contributed by atoms with Crippen molar-refractivity contribution in [3.05, 3.63) is 18.2 Å². The summed E-state index contributed by atoms with van der Waals surface area (Å²) in [4.78, 5) is 6.55. The van der Waals surface area contributed by atoms with Crippen LogP contribution in [-0.2, 0) is 0 Å². The number of likely N-dealkylation sites (N-methyl/N-ethyl adjacent to an activating group) is 1. The van der Waals surface area contributed by atoms with Crippen molar-refractivity contribution in [3.63, 3.8) is 0 Å². The van der Waals surface area contributed by atoms with Crippen molar-refractivity contribution in [2.75, 3.05) is 20.6 Å². The van der Waals surface area contributed by atoms with Crippen molar-refractivity contribution < 1.29 is 0 Å². The summed E-state index contributed by atoms with van der Waals surface area (Å²) in [6.07, 6.45) is 4.86. The fourth-order valence-electron chi connectivity index (χ4n) is 2.50. The van der Waals surface area contributed by atoms with Crippen LogP contribution in [0, 0.1) is 11.8 Å². The van der Waals surface area contributed by atoms with E-state index in [0.29, 0.717) is 17.9 Å². The zero-order valence-electron chi connectivity index (χ0n) is 13.3. The van der Waals surface area contributed by atoms with Crippen LogP contribution in [0.15, 0.2) is 12.5 Å². The molecule has 0 aliphatic rings. The molecule has 110 valence electrons. The van der Waals surface area contributed by atoms with Gasteiger partial charge in [0.25, 0.3) is 0 Å². The van der Waals surface area contributed by atoms with Crippen LogP contribution < -0.4 is 5.73 Å². The van der Waals surface area contributed by atoms with Crippen molar-refractivity contribution in [2.24, 2.45) is 17.6 Å². The minimum absolute atomic E-state index is 0.0749. The maximum atomic E-state index is 6.34. The summed E-state index contributed by atoms with van der Waals surface area (Å²) >= 11 is 0. The molecule has 0 amide bonds. The third kappa shape index (κ3) is 4.62. The molecule has 0 fully saturated rings. The highest BCUT2D eigenvalue weighted by Crippen LogP contribution is 2.25. The number of rotatable bonds is 7. The molecule has 0 spiro atoms. The Morgan fingerprint density at radius 2 is 1.89 bits per heavy atom. The lowest BCUT2D eigenvalue weighted by Crippen LogP contribution is -2.30. The molecule has 1 aromatic heterocycles. The van der Waals surface area contributed by atoms with Crippen molar-refractivity contribution in [1.29, 1.82) is 0 Å². The lowest BCUT2D eigenvalue weighted by molar-refractivity contribution is 0.261. The van der Waals surface area contributed by atoms with E-state index in [1.807, 2.05) is 12.5 Å². The number of aromatic nitrogens is 2. The first-order chi connectivity index (χ1) is 8.82. The molecule has 1 aromatic rings. The fourth-order valence-corrected chi connectivity index (χ4v) is 2.50. The third-order valence-corrected chi connectivity index (χ3v) is 3.48. The quantitative estimate of drug-likeness (QED) is 0.825. The molecular formula is C15H30N4. The Balaban J connectivity index is 2.95. The predicted molar refractivity (Wildman–Crippen MR) is 81.0 cm³/mol. The average Bonchev–Trinajstić information content (AvgIpc) is 2.72. The van der Waals surface area contributed by atoms with Gasteiger partial charge in [-0.15, -0.1) is 0 Å². The molecular weight excluding hydrogens is 236 g/mol. The predicted octanol–water partition coefficient (Wildman–Crippen LogP) is 2.69. The van der Waals surface area contributed by atoms with Gasteiger partial charge in [0.1, 0.15) is 0 Å². The Kier molecular flexibility index (Phi) is 6.01. The molecule has 1 rings (SSSR count). The molecule has 0 saturated carbocycles. The molecule has 19 heavy (non-hydrogen) atoms. The number of nitrogens with zero attached hydrogens (tertiary/aromatic N) is 3. The first-order valence-electron chi connectivity index (χ1n) is 7.25. The molecule has 1 heterocycles. The van der Waals surface area contributed by atoms with E-state index in [1.165, 1.54) is 0 Å². The Bertz CT molecular complexity index is 368. The molecule has 4 nitrogen and oxygen atoms in total. The van der Waals surface area contributed by atoms with E-state index < -0.39 is 0 Å². The molecule has 0 radical (unpaired) electrons. The molecule has 0 aliphatic carbocycles. The lowest BCUT2D eigenvalue weighted by atomic mass is 9.99. The van der Waals surface area contributed by atoms with E-state index in [1.54, 1.807) is 0 Å². The van der Waals surface area contributed by atoms with Crippen LogP contribution in [0.25, 0.3) is 0 Å². The standard InChI is InChI=1S/C15H30N4/c1-11(2)7-13(16)14-8-17-10-19(14)15(12(3)4)9-18(5)6/h8,10-13,15H,7,9,16H2,1-6H3. The van der Waals surface area contributed by atoms with Crippen LogP contribution in [0.3, 0.4) is 0 Å². The second kappa shape index (κ2) is 7.06. The molecule has 4 heteroatoms. The Labute approximate surface area is 118 Å². The number of imidazole rings is 1. The van der Waals surface area contributed by atoms with E-state index >= 15 is 0 Å². The van der Waals surface area contributed by atoms with Crippen molar-refractivity contribution in [3.8, 4) is 0 Å². The van der Waals surface area contributed by atoms with Crippen LogP contribution in [0.4, 0.5) is 0 Å². The number of hydrogen-bond donors (Lipinski definition) is 1. The van der Waals surface area contributed by atoms with E-state index in [4.69, 9.17) is 5.73 Å². The highest BCUT2D eigenvalue weighted by molar-refractivity contribution is 5.07. The van der Waals surface area contributed by atoms with Crippen LogP contribution in [0.2, 0.25) is 0 Å². The average molecular weight is 266 g/mol. The van der Waals surface area contributed by atoms with Gasteiger partial charge >= 0.3 is 0 Å². The first-order valence-corrected chi connectivity index (χ1v) is 7.25. The zero-order valence-corrected chi connectivity index (χ0v) is 13.3. The van der Waals surface area contributed by atoms with Gasteiger partial charge in [-0.05, 0) is 32.4 Å². The maximum absolute atomic E-state index is 6.34. The summed E-state index contributed by atoms with van der Waals surface area (Å²) in [7, 11) is 4.22. The molecule has 0 aliphatic heterocycles. The molecule has 0 saturated heterocycles. The molecule has 2 unspecified atom stereocenters. The van der Waals surface area contributed by atoms with E-state index in [0.717, 1.165) is 18.7 Å². The summed E-state index contributed by atoms with van der Waals surface area (Å²) < 4.78 is 2.28. The molecule has 2 atom stereocenters. The topological polar surface area (TPSA) is 47.1 Å². The summed E-state index contributed by atoms with van der Waals surface area (Å²) in [6.45, 7) is 9.94. The van der Waals surface area contributed by atoms with E-state index in [9.17, 15) is 0 Å². The molecule has 2 N–H and O–H groups in total. The minimum Gasteiger partial charge on any atom is -0.329 e. The van der Waals surface area contributed by atoms with Crippen molar-refractivity contribution in [2.45, 2.75) is 46.2 Å². The Hall–Kier alpha value is -0.870. The van der Waals surface area contributed by atoms with E-state index in [-0.39, 0.29) is 6.04 Å².